The molecule has 3 aliphatic rings. The van der Waals surface area contributed by atoms with Gasteiger partial charge in [-0.25, -0.2) is 0 Å². The van der Waals surface area contributed by atoms with Crippen molar-refractivity contribution in [1.29, 1.82) is 0 Å². The van der Waals surface area contributed by atoms with Crippen molar-refractivity contribution in [3.05, 3.63) is 40.8 Å². The Morgan fingerprint density at radius 3 is 2.63 bits per heavy atom. The first-order valence-electron chi connectivity index (χ1n) is 6.62. The van der Waals surface area contributed by atoms with Crippen LogP contribution in [0.5, 0.6) is 0 Å². The molecule has 0 saturated carbocycles. The highest BCUT2D eigenvalue weighted by molar-refractivity contribution is 5.93. The van der Waals surface area contributed by atoms with Crippen molar-refractivity contribution in [3.8, 4) is 0 Å². The number of hydrazine groups is 1. The van der Waals surface area contributed by atoms with Gasteiger partial charge in [-0.2, -0.15) is 0 Å². The van der Waals surface area contributed by atoms with Crippen LogP contribution in [0.25, 0.3) is 11.1 Å². The Morgan fingerprint density at radius 2 is 1.84 bits per heavy atom. The Morgan fingerprint density at radius 1 is 1.11 bits per heavy atom. The summed E-state index contributed by atoms with van der Waals surface area (Å²) in [5.74, 6) is 0.0837. The lowest BCUT2D eigenvalue weighted by molar-refractivity contribution is -0.119. The van der Waals surface area contributed by atoms with Crippen molar-refractivity contribution in [3.63, 3.8) is 0 Å². The molecule has 3 N–H and O–H groups in total. The van der Waals surface area contributed by atoms with E-state index < -0.39 is 0 Å². The fourth-order valence-corrected chi connectivity index (χ4v) is 2.95. The van der Waals surface area contributed by atoms with E-state index in [0.717, 1.165) is 12.1 Å². The third-order valence-corrected chi connectivity index (χ3v) is 4.04. The van der Waals surface area contributed by atoms with Crippen LogP contribution in [0.3, 0.4) is 0 Å². The van der Waals surface area contributed by atoms with Gasteiger partial charge in [0.05, 0.1) is 5.92 Å². The maximum absolute atomic E-state index is 12.1. The van der Waals surface area contributed by atoms with Gasteiger partial charge in [0, 0.05) is 18.8 Å². The molecule has 0 radical (unpaired) electrons. The first-order valence-corrected chi connectivity index (χ1v) is 6.62. The van der Waals surface area contributed by atoms with Gasteiger partial charge in [-0.15, -0.1) is 0 Å². The van der Waals surface area contributed by atoms with E-state index >= 15 is 0 Å². The largest absolute Gasteiger partial charge is 0.326 e. The molecule has 1 saturated heterocycles. The summed E-state index contributed by atoms with van der Waals surface area (Å²) in [6.45, 7) is 1.38. The van der Waals surface area contributed by atoms with E-state index in [1.165, 1.54) is 21.6 Å². The monoisotopic (exact) mass is 253 g/mol. The molecule has 1 aromatic rings. The molecule has 2 aliphatic carbocycles. The van der Waals surface area contributed by atoms with Crippen molar-refractivity contribution in [2.24, 2.45) is 5.92 Å². The molecule has 1 fully saturated rings. The van der Waals surface area contributed by atoms with Crippen LogP contribution in [0.4, 0.5) is 5.69 Å². The minimum absolute atomic E-state index is 0.00614. The Hall–Kier alpha value is -1.91. The maximum Gasteiger partial charge on any atom is 0.230 e. The van der Waals surface area contributed by atoms with E-state index in [4.69, 9.17) is 0 Å². The molecule has 4 rings (SSSR count). The summed E-state index contributed by atoms with van der Waals surface area (Å²) in [6.07, 6.45) is 5.41. The number of amides is 1. The SMILES string of the molecule is O=C(Nc1ccc2c(c1)=C1C=CC=2C1)C1CNNC1. The number of nitrogens with one attached hydrogen (secondary N) is 3. The minimum Gasteiger partial charge on any atom is -0.326 e. The highest BCUT2D eigenvalue weighted by Crippen LogP contribution is 2.25. The van der Waals surface area contributed by atoms with E-state index in [1.807, 2.05) is 6.07 Å². The Kier molecular flexibility index (Phi) is 2.33. The molecular weight excluding hydrogens is 238 g/mol. The van der Waals surface area contributed by atoms with Gasteiger partial charge in [0.15, 0.2) is 0 Å². The zero-order valence-corrected chi connectivity index (χ0v) is 10.5. The number of carbonyl (C=O) groups excluding carboxylic acids is 1. The predicted molar refractivity (Wildman–Crippen MR) is 74.4 cm³/mol. The fourth-order valence-electron chi connectivity index (χ4n) is 2.95. The molecule has 96 valence electrons. The highest BCUT2D eigenvalue weighted by Gasteiger charge is 2.22. The van der Waals surface area contributed by atoms with Crippen LogP contribution in [0.2, 0.25) is 0 Å². The zero-order chi connectivity index (χ0) is 12.8. The molecule has 0 atom stereocenters. The first-order chi connectivity index (χ1) is 9.31. The van der Waals surface area contributed by atoms with Gasteiger partial charge in [0.2, 0.25) is 5.91 Å². The topological polar surface area (TPSA) is 53.2 Å². The van der Waals surface area contributed by atoms with Crippen LogP contribution in [0.15, 0.2) is 30.4 Å². The molecule has 4 heteroatoms. The highest BCUT2D eigenvalue weighted by atomic mass is 16.2. The summed E-state index contributed by atoms with van der Waals surface area (Å²) >= 11 is 0. The number of benzene rings is 1. The third kappa shape index (κ3) is 1.72. The Bertz CT molecular complexity index is 711. The van der Waals surface area contributed by atoms with Gasteiger partial charge >= 0.3 is 0 Å². The number of allylic oxidation sites excluding steroid dienone is 2. The summed E-state index contributed by atoms with van der Waals surface area (Å²) in [5, 5.41) is 5.60. The number of fused-ring (bicyclic) bond motifs is 3. The van der Waals surface area contributed by atoms with Crippen LogP contribution >= 0.6 is 0 Å². The molecule has 1 aliphatic heterocycles. The molecule has 0 aromatic heterocycles. The predicted octanol–water partition coefficient (Wildman–Crippen LogP) is -0.376. The molecular formula is C15H15N3O. The summed E-state index contributed by atoms with van der Waals surface area (Å²) < 4.78 is 0. The normalized spacial score (nSPS) is 20.2. The van der Waals surface area contributed by atoms with Crippen LogP contribution in [-0.2, 0) is 4.79 Å². The lowest BCUT2D eigenvalue weighted by atomic mass is 10.1. The average molecular weight is 253 g/mol. The molecule has 1 aromatic carbocycles. The van der Waals surface area contributed by atoms with Gasteiger partial charge in [0.1, 0.15) is 0 Å². The molecule has 19 heavy (non-hydrogen) atoms. The molecule has 0 unspecified atom stereocenters. The van der Waals surface area contributed by atoms with Crippen molar-refractivity contribution < 1.29 is 4.79 Å². The summed E-state index contributed by atoms with van der Waals surface area (Å²) in [6, 6.07) is 6.20. The summed E-state index contributed by atoms with van der Waals surface area (Å²) in [4.78, 5) is 12.1. The molecule has 1 heterocycles. The number of rotatable bonds is 2. The maximum atomic E-state index is 12.1. The van der Waals surface area contributed by atoms with Gasteiger partial charge < -0.3 is 5.32 Å². The van der Waals surface area contributed by atoms with E-state index in [0.29, 0.717) is 13.1 Å². The number of hydrogen-bond acceptors (Lipinski definition) is 3. The lowest BCUT2D eigenvalue weighted by Crippen LogP contribution is -2.29. The number of hydrogen-bond donors (Lipinski definition) is 3. The summed E-state index contributed by atoms with van der Waals surface area (Å²) in [7, 11) is 0. The first kappa shape index (κ1) is 11.0. The van der Waals surface area contributed by atoms with Gasteiger partial charge in [-0.1, -0.05) is 18.2 Å². The number of anilines is 1. The molecule has 2 bridgehead atoms. The number of carbonyl (C=O) groups is 1. The van der Waals surface area contributed by atoms with Gasteiger partial charge in [-0.3, -0.25) is 15.6 Å². The van der Waals surface area contributed by atoms with Crippen molar-refractivity contribution in [2.45, 2.75) is 6.42 Å². The van der Waals surface area contributed by atoms with Gasteiger partial charge in [0.25, 0.3) is 0 Å². The third-order valence-electron chi connectivity index (χ3n) is 4.04. The second-order valence-electron chi connectivity index (χ2n) is 5.27. The average Bonchev–Trinajstić information content (AvgIpc) is 3.16. The van der Waals surface area contributed by atoms with Crippen LogP contribution in [0.1, 0.15) is 6.42 Å². The fraction of sp³-hybridized carbons (Fsp3) is 0.267. The standard InChI is InChI=1S/C15H15N3O/c19-15(11-7-16-17-8-11)18-12-3-4-13-9-1-2-10(5-9)14(13)6-12/h1-4,6,11,16-17H,5,7-8H2,(H,18,19). The smallest absolute Gasteiger partial charge is 0.230 e. The van der Waals surface area contributed by atoms with E-state index in [-0.39, 0.29) is 11.8 Å². The Balaban J connectivity index is 1.64. The van der Waals surface area contributed by atoms with Crippen LogP contribution in [-0.4, -0.2) is 19.0 Å². The van der Waals surface area contributed by atoms with E-state index in [9.17, 15) is 4.79 Å². The lowest BCUT2D eigenvalue weighted by Gasteiger charge is -2.09. The van der Waals surface area contributed by atoms with Crippen LogP contribution in [0, 0.1) is 5.92 Å². The second-order valence-corrected chi connectivity index (χ2v) is 5.27. The van der Waals surface area contributed by atoms with Crippen molar-refractivity contribution >= 4 is 22.7 Å². The quantitative estimate of drug-likeness (QED) is 0.674. The van der Waals surface area contributed by atoms with E-state index in [2.05, 4.69) is 40.5 Å². The summed E-state index contributed by atoms with van der Waals surface area (Å²) in [5.41, 5.74) is 9.61. The molecule has 0 spiro atoms. The zero-order valence-electron chi connectivity index (χ0n) is 10.5. The van der Waals surface area contributed by atoms with E-state index in [1.54, 1.807) is 0 Å². The molecule has 1 amide bonds. The Labute approximate surface area is 110 Å². The minimum atomic E-state index is 0.00614. The van der Waals surface area contributed by atoms with Gasteiger partial charge in [-0.05, 0) is 40.1 Å². The van der Waals surface area contributed by atoms with Crippen molar-refractivity contribution in [2.75, 3.05) is 18.4 Å². The molecule has 4 nitrogen and oxygen atoms in total. The second kappa shape index (κ2) is 4.05. The van der Waals surface area contributed by atoms with Crippen molar-refractivity contribution in [1.82, 2.24) is 10.9 Å². The van der Waals surface area contributed by atoms with Crippen LogP contribution < -0.4 is 26.6 Å².